The molecule has 2 rings (SSSR count). The second kappa shape index (κ2) is 5.69. The summed E-state index contributed by atoms with van der Waals surface area (Å²) >= 11 is 5.88. The fraction of sp³-hybridized carbons (Fsp3) is 0.231. The molecule has 1 heterocycles. The van der Waals surface area contributed by atoms with E-state index in [1.54, 1.807) is 6.92 Å². The lowest BCUT2D eigenvalue weighted by atomic mass is 10.1. The predicted octanol–water partition coefficient (Wildman–Crippen LogP) is 2.61. The third kappa shape index (κ3) is 3.11. The Morgan fingerprint density at radius 2 is 2.33 bits per heavy atom. The molecule has 2 aromatic rings. The summed E-state index contributed by atoms with van der Waals surface area (Å²) in [4.78, 5) is 11.7. The molecule has 0 saturated carbocycles. The van der Waals surface area contributed by atoms with E-state index in [-0.39, 0.29) is 11.7 Å². The maximum atomic E-state index is 11.7. The first-order valence-corrected chi connectivity index (χ1v) is 5.98. The van der Waals surface area contributed by atoms with E-state index in [2.05, 4.69) is 10.5 Å². The van der Waals surface area contributed by atoms with E-state index in [1.807, 2.05) is 24.3 Å². The standard InChI is InChI=1S/C13H13ClN2O2/c1-9-8-16-18-12(9)13(17)15-6-5-10-3-2-4-11(14)7-10/h2-4,7-8H,5-6H2,1H3,(H,15,17). The highest BCUT2D eigenvalue weighted by Gasteiger charge is 2.12. The van der Waals surface area contributed by atoms with Gasteiger partial charge in [-0.25, -0.2) is 0 Å². The predicted molar refractivity (Wildman–Crippen MR) is 68.7 cm³/mol. The van der Waals surface area contributed by atoms with Gasteiger partial charge in [0.25, 0.3) is 5.91 Å². The Bertz CT molecular complexity index is 551. The molecule has 0 spiro atoms. The van der Waals surface area contributed by atoms with Crippen LogP contribution in [-0.4, -0.2) is 17.6 Å². The van der Waals surface area contributed by atoms with Crippen LogP contribution in [0, 0.1) is 6.92 Å². The van der Waals surface area contributed by atoms with Crippen molar-refractivity contribution in [2.45, 2.75) is 13.3 Å². The van der Waals surface area contributed by atoms with Gasteiger partial charge in [0.05, 0.1) is 6.20 Å². The van der Waals surface area contributed by atoms with Gasteiger partial charge in [-0.2, -0.15) is 0 Å². The average molecular weight is 265 g/mol. The normalized spacial score (nSPS) is 10.3. The van der Waals surface area contributed by atoms with Crippen molar-refractivity contribution in [1.82, 2.24) is 10.5 Å². The van der Waals surface area contributed by atoms with Crippen molar-refractivity contribution in [3.05, 3.63) is 52.4 Å². The molecule has 0 aliphatic rings. The number of benzene rings is 1. The van der Waals surface area contributed by atoms with Crippen LogP contribution in [0.2, 0.25) is 5.02 Å². The number of amides is 1. The van der Waals surface area contributed by atoms with Gasteiger partial charge < -0.3 is 9.84 Å². The van der Waals surface area contributed by atoms with Gasteiger partial charge in [0, 0.05) is 17.1 Å². The number of nitrogens with zero attached hydrogens (tertiary/aromatic N) is 1. The molecule has 5 heteroatoms. The topological polar surface area (TPSA) is 55.1 Å². The van der Waals surface area contributed by atoms with Crippen molar-refractivity contribution in [1.29, 1.82) is 0 Å². The number of aromatic nitrogens is 1. The smallest absolute Gasteiger partial charge is 0.290 e. The maximum Gasteiger partial charge on any atom is 0.290 e. The zero-order valence-electron chi connectivity index (χ0n) is 9.94. The van der Waals surface area contributed by atoms with Gasteiger partial charge in [-0.15, -0.1) is 0 Å². The molecule has 4 nitrogen and oxygen atoms in total. The summed E-state index contributed by atoms with van der Waals surface area (Å²) in [6, 6.07) is 7.56. The molecule has 0 atom stereocenters. The highest BCUT2D eigenvalue weighted by atomic mass is 35.5. The molecule has 0 aliphatic carbocycles. The third-order valence-corrected chi connectivity index (χ3v) is 2.78. The number of aryl methyl sites for hydroxylation is 1. The van der Waals surface area contributed by atoms with E-state index < -0.39 is 0 Å². The summed E-state index contributed by atoms with van der Waals surface area (Å²) in [5, 5.41) is 7.04. The van der Waals surface area contributed by atoms with Crippen LogP contribution in [0.15, 0.2) is 35.0 Å². The van der Waals surface area contributed by atoms with Crippen molar-refractivity contribution < 1.29 is 9.32 Å². The minimum atomic E-state index is -0.243. The molecule has 0 unspecified atom stereocenters. The molecule has 94 valence electrons. The van der Waals surface area contributed by atoms with E-state index in [9.17, 15) is 4.79 Å². The van der Waals surface area contributed by atoms with E-state index in [1.165, 1.54) is 6.20 Å². The molecule has 0 bridgehead atoms. The van der Waals surface area contributed by atoms with Crippen LogP contribution in [0.5, 0.6) is 0 Å². The summed E-state index contributed by atoms with van der Waals surface area (Å²) in [7, 11) is 0. The first kappa shape index (κ1) is 12.6. The van der Waals surface area contributed by atoms with Gasteiger partial charge in [0.1, 0.15) is 0 Å². The second-order valence-corrected chi connectivity index (χ2v) is 4.41. The zero-order valence-corrected chi connectivity index (χ0v) is 10.7. The number of carbonyl (C=O) groups is 1. The number of hydrogen-bond acceptors (Lipinski definition) is 3. The molecule has 1 aromatic carbocycles. The lowest BCUT2D eigenvalue weighted by Crippen LogP contribution is -2.25. The molecular weight excluding hydrogens is 252 g/mol. The summed E-state index contributed by atoms with van der Waals surface area (Å²) < 4.78 is 4.86. The van der Waals surface area contributed by atoms with Crippen LogP contribution >= 0.6 is 11.6 Å². The minimum absolute atomic E-state index is 0.243. The highest BCUT2D eigenvalue weighted by molar-refractivity contribution is 6.30. The molecule has 0 fully saturated rings. The largest absolute Gasteiger partial charge is 0.351 e. The van der Waals surface area contributed by atoms with Crippen molar-refractivity contribution in [2.24, 2.45) is 0 Å². The quantitative estimate of drug-likeness (QED) is 0.924. The highest BCUT2D eigenvalue weighted by Crippen LogP contribution is 2.11. The molecule has 0 aliphatic heterocycles. The Balaban J connectivity index is 1.86. The van der Waals surface area contributed by atoms with Crippen LogP contribution < -0.4 is 5.32 Å². The molecule has 1 aromatic heterocycles. The van der Waals surface area contributed by atoms with Gasteiger partial charge >= 0.3 is 0 Å². The number of halogens is 1. The van der Waals surface area contributed by atoms with E-state index >= 15 is 0 Å². The van der Waals surface area contributed by atoms with Gasteiger partial charge in [-0.3, -0.25) is 4.79 Å². The summed E-state index contributed by atoms with van der Waals surface area (Å²) in [6.45, 7) is 2.31. The minimum Gasteiger partial charge on any atom is -0.351 e. The maximum absolute atomic E-state index is 11.7. The number of hydrogen-bond donors (Lipinski definition) is 1. The molecule has 1 N–H and O–H groups in total. The van der Waals surface area contributed by atoms with E-state index in [4.69, 9.17) is 16.1 Å². The Kier molecular flexibility index (Phi) is 3.99. The molecular formula is C13H13ClN2O2. The number of carbonyl (C=O) groups excluding carboxylic acids is 1. The average Bonchev–Trinajstić information content (AvgIpc) is 2.75. The van der Waals surface area contributed by atoms with Crippen molar-refractivity contribution in [3.8, 4) is 0 Å². The summed E-state index contributed by atoms with van der Waals surface area (Å²) in [5.74, 6) is 0.0214. The number of nitrogens with one attached hydrogen (secondary N) is 1. The molecule has 0 saturated heterocycles. The Morgan fingerprint density at radius 1 is 1.50 bits per heavy atom. The molecule has 1 amide bonds. The van der Waals surface area contributed by atoms with E-state index in [0.717, 1.165) is 17.5 Å². The van der Waals surface area contributed by atoms with Crippen LogP contribution in [-0.2, 0) is 6.42 Å². The Morgan fingerprint density at radius 3 is 3.00 bits per heavy atom. The summed E-state index contributed by atoms with van der Waals surface area (Å²) in [5.41, 5.74) is 1.81. The fourth-order valence-corrected chi connectivity index (χ4v) is 1.82. The monoisotopic (exact) mass is 264 g/mol. The van der Waals surface area contributed by atoms with Crippen LogP contribution in [0.4, 0.5) is 0 Å². The van der Waals surface area contributed by atoms with Gasteiger partial charge in [-0.05, 0) is 31.0 Å². The van der Waals surface area contributed by atoms with Crippen molar-refractivity contribution in [2.75, 3.05) is 6.54 Å². The lowest BCUT2D eigenvalue weighted by molar-refractivity contribution is 0.0916. The fourth-order valence-electron chi connectivity index (χ4n) is 1.60. The van der Waals surface area contributed by atoms with Crippen molar-refractivity contribution >= 4 is 17.5 Å². The Labute approximate surface area is 110 Å². The second-order valence-electron chi connectivity index (χ2n) is 3.97. The van der Waals surface area contributed by atoms with E-state index in [0.29, 0.717) is 11.6 Å². The van der Waals surface area contributed by atoms with Crippen molar-refractivity contribution in [3.63, 3.8) is 0 Å². The van der Waals surface area contributed by atoms with Crippen LogP contribution in [0.3, 0.4) is 0 Å². The SMILES string of the molecule is Cc1cnoc1C(=O)NCCc1cccc(Cl)c1. The van der Waals surface area contributed by atoms with Gasteiger partial charge in [0.2, 0.25) is 5.76 Å². The first-order chi connectivity index (χ1) is 8.66. The molecule has 18 heavy (non-hydrogen) atoms. The van der Waals surface area contributed by atoms with Crippen LogP contribution in [0.25, 0.3) is 0 Å². The lowest BCUT2D eigenvalue weighted by Gasteiger charge is -2.04. The first-order valence-electron chi connectivity index (χ1n) is 5.61. The molecule has 0 radical (unpaired) electrons. The number of rotatable bonds is 4. The van der Waals surface area contributed by atoms with Gasteiger partial charge in [0.15, 0.2) is 0 Å². The zero-order chi connectivity index (χ0) is 13.0. The Hall–Kier alpha value is -1.81. The van der Waals surface area contributed by atoms with Gasteiger partial charge in [-0.1, -0.05) is 28.9 Å². The van der Waals surface area contributed by atoms with Crippen LogP contribution in [0.1, 0.15) is 21.7 Å². The third-order valence-electron chi connectivity index (χ3n) is 2.54. The summed E-state index contributed by atoms with van der Waals surface area (Å²) in [6.07, 6.45) is 2.24.